The molecule has 2 aromatic rings. The molecule has 6 heteroatoms. The van der Waals surface area contributed by atoms with Crippen molar-refractivity contribution in [2.75, 3.05) is 33.3 Å². The zero-order valence-corrected chi connectivity index (χ0v) is 15.8. The first-order valence-electron chi connectivity index (χ1n) is 9.74. The molecule has 4 rings (SSSR count). The minimum atomic E-state index is 0.147. The van der Waals surface area contributed by atoms with Crippen molar-refractivity contribution in [1.29, 1.82) is 0 Å². The fourth-order valence-corrected chi connectivity index (χ4v) is 4.10. The van der Waals surface area contributed by atoms with Crippen molar-refractivity contribution < 1.29 is 9.53 Å². The molecule has 3 heterocycles. The number of rotatable bonds is 5. The maximum absolute atomic E-state index is 13.0. The molecule has 1 aromatic heterocycles. The average molecular weight is 366 g/mol. The summed E-state index contributed by atoms with van der Waals surface area (Å²) in [6.45, 7) is 4.24. The quantitative estimate of drug-likeness (QED) is 0.814. The molecule has 0 radical (unpaired) electrons. The van der Waals surface area contributed by atoms with E-state index in [9.17, 15) is 4.79 Å². The van der Waals surface area contributed by atoms with Crippen LogP contribution in [-0.4, -0.2) is 65.0 Å². The normalized spacial score (nSPS) is 20.2. The van der Waals surface area contributed by atoms with Gasteiger partial charge in [-0.05, 0) is 56.5 Å². The van der Waals surface area contributed by atoms with Gasteiger partial charge < -0.3 is 14.5 Å². The van der Waals surface area contributed by atoms with Crippen molar-refractivity contribution in [1.82, 2.24) is 19.8 Å². The zero-order valence-electron chi connectivity index (χ0n) is 15.8. The molecule has 2 aliphatic rings. The molecular weight excluding hydrogens is 340 g/mol. The number of nitrogens with zero attached hydrogens (tertiary/aromatic N) is 4. The molecule has 0 N–H and O–H groups in total. The molecule has 0 bridgehead atoms. The summed E-state index contributed by atoms with van der Waals surface area (Å²) in [5.74, 6) is 0.147. The lowest BCUT2D eigenvalue weighted by Gasteiger charge is -2.28. The molecule has 0 aliphatic carbocycles. The molecular formula is C21H26N4O2. The predicted molar refractivity (Wildman–Crippen MR) is 104 cm³/mol. The zero-order chi connectivity index (χ0) is 18.6. The van der Waals surface area contributed by atoms with E-state index in [1.807, 2.05) is 24.3 Å². The van der Waals surface area contributed by atoms with E-state index < -0.39 is 0 Å². The van der Waals surface area contributed by atoms with Crippen molar-refractivity contribution in [3.8, 4) is 17.1 Å². The lowest BCUT2D eigenvalue weighted by atomic mass is 10.1. The van der Waals surface area contributed by atoms with Gasteiger partial charge in [-0.25, -0.2) is 9.97 Å². The number of likely N-dealkylation sites (tertiary alicyclic amines) is 2. The molecule has 1 amide bonds. The Morgan fingerprint density at radius 3 is 2.41 bits per heavy atom. The third-order valence-electron chi connectivity index (χ3n) is 5.58. The van der Waals surface area contributed by atoms with E-state index in [0.717, 1.165) is 42.6 Å². The van der Waals surface area contributed by atoms with Crippen molar-refractivity contribution >= 4 is 5.91 Å². The van der Waals surface area contributed by atoms with Crippen LogP contribution in [0.5, 0.6) is 6.01 Å². The third kappa shape index (κ3) is 3.95. The van der Waals surface area contributed by atoms with Crippen LogP contribution in [-0.2, 0) is 0 Å². The minimum absolute atomic E-state index is 0.147. The second-order valence-corrected chi connectivity index (χ2v) is 7.34. The van der Waals surface area contributed by atoms with Crippen LogP contribution in [0.25, 0.3) is 11.1 Å². The van der Waals surface area contributed by atoms with E-state index in [0.29, 0.717) is 12.1 Å². The summed E-state index contributed by atoms with van der Waals surface area (Å²) >= 11 is 0. The number of benzene rings is 1. The summed E-state index contributed by atoms with van der Waals surface area (Å²) < 4.78 is 4.99. The summed E-state index contributed by atoms with van der Waals surface area (Å²) in [5, 5.41) is 0. The van der Waals surface area contributed by atoms with Crippen molar-refractivity contribution in [2.45, 2.75) is 31.7 Å². The van der Waals surface area contributed by atoms with Gasteiger partial charge in [-0.1, -0.05) is 12.1 Å². The fourth-order valence-electron chi connectivity index (χ4n) is 4.10. The Hall–Kier alpha value is -2.47. The van der Waals surface area contributed by atoms with Crippen LogP contribution >= 0.6 is 0 Å². The molecule has 6 nitrogen and oxygen atoms in total. The second kappa shape index (κ2) is 8.05. The first-order valence-corrected chi connectivity index (χ1v) is 9.74. The van der Waals surface area contributed by atoms with Gasteiger partial charge in [0.2, 0.25) is 0 Å². The van der Waals surface area contributed by atoms with Gasteiger partial charge in [0.25, 0.3) is 5.91 Å². The molecule has 0 spiro atoms. The second-order valence-electron chi connectivity index (χ2n) is 7.34. The van der Waals surface area contributed by atoms with Crippen LogP contribution in [0.2, 0.25) is 0 Å². The Morgan fingerprint density at radius 1 is 1.04 bits per heavy atom. The molecule has 1 atom stereocenters. The number of amides is 1. The highest BCUT2D eigenvalue weighted by Crippen LogP contribution is 2.24. The largest absolute Gasteiger partial charge is 0.467 e. The maximum Gasteiger partial charge on any atom is 0.316 e. The average Bonchev–Trinajstić information content (AvgIpc) is 3.40. The molecule has 142 valence electrons. The summed E-state index contributed by atoms with van der Waals surface area (Å²) in [6.07, 6.45) is 8.26. The van der Waals surface area contributed by atoms with Gasteiger partial charge in [-0.3, -0.25) is 4.79 Å². The van der Waals surface area contributed by atoms with Crippen LogP contribution in [0.3, 0.4) is 0 Å². The number of hydrogen-bond acceptors (Lipinski definition) is 5. The first-order chi connectivity index (χ1) is 13.2. The Morgan fingerprint density at radius 2 is 1.74 bits per heavy atom. The SMILES string of the molecule is COc1ncc(-c2ccc(C(=O)N3CCC[C@H]3CN3CCCC3)cc2)cn1. The van der Waals surface area contributed by atoms with Gasteiger partial charge >= 0.3 is 6.01 Å². The molecule has 2 saturated heterocycles. The number of aromatic nitrogens is 2. The maximum atomic E-state index is 13.0. The lowest BCUT2D eigenvalue weighted by Crippen LogP contribution is -2.42. The van der Waals surface area contributed by atoms with E-state index in [-0.39, 0.29) is 5.91 Å². The van der Waals surface area contributed by atoms with E-state index in [1.165, 1.54) is 25.9 Å². The molecule has 27 heavy (non-hydrogen) atoms. The molecule has 1 aromatic carbocycles. The van der Waals surface area contributed by atoms with Gasteiger partial charge in [0.15, 0.2) is 0 Å². The highest BCUT2D eigenvalue weighted by molar-refractivity contribution is 5.95. The third-order valence-corrected chi connectivity index (χ3v) is 5.58. The monoisotopic (exact) mass is 366 g/mol. The molecule has 0 unspecified atom stereocenters. The highest BCUT2D eigenvalue weighted by Gasteiger charge is 2.31. The number of ether oxygens (including phenoxy) is 1. The Labute approximate surface area is 160 Å². The van der Waals surface area contributed by atoms with Crippen LogP contribution in [0, 0.1) is 0 Å². The van der Waals surface area contributed by atoms with Gasteiger partial charge in [0, 0.05) is 42.7 Å². The smallest absolute Gasteiger partial charge is 0.316 e. The van der Waals surface area contributed by atoms with Crippen LogP contribution in [0.15, 0.2) is 36.7 Å². The van der Waals surface area contributed by atoms with E-state index in [4.69, 9.17) is 4.74 Å². The van der Waals surface area contributed by atoms with E-state index >= 15 is 0 Å². The number of carbonyl (C=O) groups excluding carboxylic acids is 1. The number of hydrogen-bond donors (Lipinski definition) is 0. The molecule has 0 saturated carbocycles. The lowest BCUT2D eigenvalue weighted by molar-refractivity contribution is 0.0709. The minimum Gasteiger partial charge on any atom is -0.467 e. The van der Waals surface area contributed by atoms with Crippen LogP contribution in [0.1, 0.15) is 36.0 Å². The topological polar surface area (TPSA) is 58.6 Å². The van der Waals surface area contributed by atoms with Gasteiger partial charge in [-0.15, -0.1) is 0 Å². The molecule has 2 aliphatic heterocycles. The first kappa shape index (κ1) is 17.9. The number of methoxy groups -OCH3 is 1. The molecule has 2 fully saturated rings. The Balaban J connectivity index is 1.44. The summed E-state index contributed by atoms with van der Waals surface area (Å²) in [5.41, 5.74) is 2.65. The fraction of sp³-hybridized carbons (Fsp3) is 0.476. The van der Waals surface area contributed by atoms with Crippen LogP contribution in [0.4, 0.5) is 0 Å². The summed E-state index contributed by atoms with van der Waals surface area (Å²) in [6, 6.07) is 8.45. The van der Waals surface area contributed by atoms with Crippen molar-refractivity contribution in [2.24, 2.45) is 0 Å². The van der Waals surface area contributed by atoms with Crippen molar-refractivity contribution in [3.05, 3.63) is 42.2 Å². The predicted octanol–water partition coefficient (Wildman–Crippen LogP) is 2.85. The summed E-state index contributed by atoms with van der Waals surface area (Å²) in [7, 11) is 1.55. The summed E-state index contributed by atoms with van der Waals surface area (Å²) in [4.78, 5) is 25.9. The Kier molecular flexibility index (Phi) is 5.34. The van der Waals surface area contributed by atoms with Gasteiger partial charge in [-0.2, -0.15) is 0 Å². The van der Waals surface area contributed by atoms with Gasteiger partial charge in [0.05, 0.1) is 7.11 Å². The van der Waals surface area contributed by atoms with Crippen LogP contribution < -0.4 is 4.74 Å². The number of carbonyl (C=O) groups is 1. The highest BCUT2D eigenvalue weighted by atomic mass is 16.5. The van der Waals surface area contributed by atoms with Crippen molar-refractivity contribution in [3.63, 3.8) is 0 Å². The standard InChI is InChI=1S/C21H26N4O2/c1-27-21-22-13-18(14-23-21)16-6-8-17(9-7-16)20(26)25-12-4-5-19(25)15-24-10-2-3-11-24/h6-9,13-14,19H,2-5,10-12,15H2,1H3/t19-/m0/s1. The van der Waals surface area contributed by atoms with Gasteiger partial charge in [0.1, 0.15) is 0 Å². The van der Waals surface area contributed by atoms with E-state index in [1.54, 1.807) is 19.5 Å². The van der Waals surface area contributed by atoms with E-state index in [2.05, 4.69) is 19.8 Å². The Bertz CT molecular complexity index is 770.